The SMILES string of the molecule is CCOCCn1c(=NC(=O)[C@H]2COc3ccccc3O2)sc2cc(Cl)ccc21. The Labute approximate surface area is 170 Å². The summed E-state index contributed by atoms with van der Waals surface area (Å²) in [6.07, 6.45) is -0.774. The maximum absolute atomic E-state index is 12.8. The fourth-order valence-corrected chi connectivity index (χ4v) is 4.29. The first kappa shape index (κ1) is 19.0. The van der Waals surface area contributed by atoms with Crippen molar-refractivity contribution in [1.29, 1.82) is 0 Å². The second kappa shape index (κ2) is 8.34. The number of nitrogens with zero attached hydrogens (tertiary/aromatic N) is 2. The number of rotatable bonds is 5. The van der Waals surface area contributed by atoms with Crippen LogP contribution in [0.5, 0.6) is 11.5 Å². The molecule has 0 aliphatic carbocycles. The molecule has 2 heterocycles. The first-order chi connectivity index (χ1) is 13.7. The normalized spacial score (nSPS) is 16.5. The number of hydrogen-bond donors (Lipinski definition) is 0. The van der Waals surface area contributed by atoms with Crippen LogP contribution < -0.4 is 14.3 Å². The predicted octanol–water partition coefficient (Wildman–Crippen LogP) is 3.66. The highest BCUT2D eigenvalue weighted by Crippen LogP contribution is 2.31. The van der Waals surface area contributed by atoms with Crippen LogP contribution >= 0.6 is 22.9 Å². The van der Waals surface area contributed by atoms with Gasteiger partial charge in [0.25, 0.3) is 5.91 Å². The highest BCUT2D eigenvalue weighted by molar-refractivity contribution is 7.16. The van der Waals surface area contributed by atoms with Gasteiger partial charge in [-0.2, -0.15) is 4.99 Å². The van der Waals surface area contributed by atoms with Gasteiger partial charge in [-0.05, 0) is 37.3 Å². The van der Waals surface area contributed by atoms with Crippen molar-refractivity contribution < 1.29 is 19.0 Å². The Morgan fingerprint density at radius 3 is 2.96 bits per heavy atom. The lowest BCUT2D eigenvalue weighted by Gasteiger charge is -2.23. The number of amides is 1. The van der Waals surface area contributed by atoms with Crippen LogP contribution in [0.4, 0.5) is 0 Å². The lowest BCUT2D eigenvalue weighted by Crippen LogP contribution is -2.37. The van der Waals surface area contributed by atoms with E-state index < -0.39 is 6.10 Å². The zero-order valence-electron chi connectivity index (χ0n) is 15.3. The van der Waals surface area contributed by atoms with E-state index in [1.165, 1.54) is 11.3 Å². The van der Waals surface area contributed by atoms with Gasteiger partial charge in [-0.25, -0.2) is 0 Å². The number of ether oxygens (including phenoxy) is 3. The fraction of sp³-hybridized carbons (Fsp3) is 0.300. The first-order valence-corrected chi connectivity index (χ1v) is 10.2. The van der Waals surface area contributed by atoms with Crippen molar-refractivity contribution in [1.82, 2.24) is 4.57 Å². The number of hydrogen-bond acceptors (Lipinski definition) is 5. The van der Waals surface area contributed by atoms with Gasteiger partial charge >= 0.3 is 0 Å². The molecule has 1 aliphatic heterocycles. The Morgan fingerprint density at radius 2 is 2.14 bits per heavy atom. The lowest BCUT2D eigenvalue weighted by molar-refractivity contribution is -0.127. The summed E-state index contributed by atoms with van der Waals surface area (Å²) in [5.41, 5.74) is 0.965. The molecule has 0 fully saturated rings. The number of para-hydroxylation sites is 2. The third kappa shape index (κ3) is 3.92. The summed E-state index contributed by atoms with van der Waals surface area (Å²) in [5.74, 6) is 0.807. The minimum absolute atomic E-state index is 0.134. The number of carbonyl (C=O) groups excluding carboxylic acids is 1. The molecule has 1 aliphatic rings. The van der Waals surface area contributed by atoms with E-state index >= 15 is 0 Å². The molecular weight excluding hydrogens is 400 g/mol. The van der Waals surface area contributed by atoms with E-state index in [0.717, 1.165) is 10.2 Å². The van der Waals surface area contributed by atoms with Gasteiger partial charge < -0.3 is 18.8 Å². The van der Waals surface area contributed by atoms with E-state index in [2.05, 4.69) is 4.99 Å². The number of thiazole rings is 1. The molecule has 0 unspecified atom stereocenters. The highest BCUT2D eigenvalue weighted by Gasteiger charge is 2.27. The van der Waals surface area contributed by atoms with E-state index in [1.54, 1.807) is 6.07 Å². The molecule has 2 aromatic carbocycles. The summed E-state index contributed by atoms with van der Waals surface area (Å²) in [5, 5.41) is 0.643. The molecule has 0 saturated carbocycles. The van der Waals surface area contributed by atoms with Gasteiger partial charge in [-0.1, -0.05) is 35.1 Å². The molecule has 0 saturated heterocycles. The summed E-state index contributed by atoms with van der Waals surface area (Å²) in [4.78, 5) is 17.7. The van der Waals surface area contributed by atoms with Crippen molar-refractivity contribution >= 4 is 39.1 Å². The van der Waals surface area contributed by atoms with E-state index in [1.807, 2.05) is 47.9 Å². The molecule has 1 aromatic heterocycles. The van der Waals surface area contributed by atoms with Crippen molar-refractivity contribution in [2.45, 2.75) is 19.6 Å². The summed E-state index contributed by atoms with van der Waals surface area (Å²) in [6.45, 7) is 3.83. The van der Waals surface area contributed by atoms with E-state index in [9.17, 15) is 4.79 Å². The molecule has 3 aromatic rings. The van der Waals surface area contributed by atoms with Gasteiger partial charge in [0.15, 0.2) is 16.3 Å². The van der Waals surface area contributed by atoms with E-state index in [0.29, 0.717) is 41.1 Å². The van der Waals surface area contributed by atoms with Crippen LogP contribution in [0.25, 0.3) is 10.2 Å². The largest absolute Gasteiger partial charge is 0.485 e. The predicted molar refractivity (Wildman–Crippen MR) is 108 cm³/mol. The van der Waals surface area contributed by atoms with Gasteiger partial charge in [-0.3, -0.25) is 4.79 Å². The Bertz CT molecular complexity index is 1080. The number of aromatic nitrogens is 1. The van der Waals surface area contributed by atoms with Crippen molar-refractivity contribution in [2.75, 3.05) is 19.8 Å². The van der Waals surface area contributed by atoms with Crippen molar-refractivity contribution in [2.24, 2.45) is 4.99 Å². The summed E-state index contributed by atoms with van der Waals surface area (Å²) < 4.78 is 19.8. The van der Waals surface area contributed by atoms with Gasteiger partial charge in [0.05, 0.1) is 16.8 Å². The van der Waals surface area contributed by atoms with Crippen molar-refractivity contribution in [3.63, 3.8) is 0 Å². The second-order valence-corrected chi connectivity index (χ2v) is 7.61. The van der Waals surface area contributed by atoms with Crippen LogP contribution in [0.3, 0.4) is 0 Å². The van der Waals surface area contributed by atoms with Crippen LogP contribution in [-0.4, -0.2) is 36.4 Å². The minimum Gasteiger partial charge on any atom is -0.485 e. The number of halogens is 1. The van der Waals surface area contributed by atoms with Crippen LogP contribution in [0.1, 0.15) is 6.92 Å². The molecule has 1 amide bonds. The number of fused-ring (bicyclic) bond motifs is 2. The van der Waals surface area contributed by atoms with Gasteiger partial charge in [0.2, 0.25) is 6.10 Å². The Hall–Kier alpha value is -2.35. The third-order valence-electron chi connectivity index (χ3n) is 4.30. The zero-order valence-corrected chi connectivity index (χ0v) is 16.8. The van der Waals surface area contributed by atoms with Gasteiger partial charge in [0.1, 0.15) is 6.61 Å². The van der Waals surface area contributed by atoms with Crippen LogP contribution in [0.2, 0.25) is 5.02 Å². The van der Waals surface area contributed by atoms with Crippen molar-refractivity contribution in [3.8, 4) is 11.5 Å². The molecular formula is C20H19ClN2O4S. The zero-order chi connectivity index (χ0) is 19.5. The fourth-order valence-electron chi connectivity index (χ4n) is 2.96. The monoisotopic (exact) mass is 418 g/mol. The maximum atomic E-state index is 12.8. The average molecular weight is 419 g/mol. The highest BCUT2D eigenvalue weighted by atomic mass is 35.5. The first-order valence-electron chi connectivity index (χ1n) is 8.99. The molecule has 8 heteroatoms. The Morgan fingerprint density at radius 1 is 1.32 bits per heavy atom. The second-order valence-electron chi connectivity index (χ2n) is 6.16. The molecule has 28 heavy (non-hydrogen) atoms. The third-order valence-corrected chi connectivity index (χ3v) is 5.57. The minimum atomic E-state index is -0.774. The summed E-state index contributed by atoms with van der Waals surface area (Å²) >= 11 is 7.53. The van der Waals surface area contributed by atoms with Gasteiger partial charge in [0, 0.05) is 18.2 Å². The Kier molecular flexibility index (Phi) is 5.66. The topological polar surface area (TPSA) is 62.1 Å². The van der Waals surface area contributed by atoms with Crippen LogP contribution in [-0.2, 0) is 16.1 Å². The summed E-state index contributed by atoms with van der Waals surface area (Å²) in [7, 11) is 0. The molecule has 4 rings (SSSR count). The van der Waals surface area contributed by atoms with Crippen molar-refractivity contribution in [3.05, 3.63) is 52.3 Å². The molecule has 0 bridgehead atoms. The lowest BCUT2D eigenvalue weighted by atomic mass is 10.2. The number of benzene rings is 2. The van der Waals surface area contributed by atoms with Crippen LogP contribution in [0, 0.1) is 0 Å². The van der Waals surface area contributed by atoms with Crippen LogP contribution in [0.15, 0.2) is 47.5 Å². The van der Waals surface area contributed by atoms with E-state index in [-0.39, 0.29) is 12.5 Å². The molecule has 0 radical (unpaired) electrons. The summed E-state index contributed by atoms with van der Waals surface area (Å²) in [6, 6.07) is 12.9. The molecule has 0 N–H and O–H groups in total. The molecule has 6 nitrogen and oxygen atoms in total. The van der Waals surface area contributed by atoms with E-state index in [4.69, 9.17) is 25.8 Å². The van der Waals surface area contributed by atoms with Gasteiger partial charge in [-0.15, -0.1) is 0 Å². The standard InChI is InChI=1S/C20H19ClN2O4S/c1-2-25-10-9-23-14-8-7-13(21)11-18(14)28-20(23)22-19(24)17-12-26-15-5-3-4-6-16(15)27-17/h3-8,11,17H,2,9-10,12H2,1H3/t17-/m1/s1. The maximum Gasteiger partial charge on any atom is 0.292 e. The smallest absolute Gasteiger partial charge is 0.292 e. The number of carbonyl (C=O) groups is 1. The molecule has 0 spiro atoms. The average Bonchev–Trinajstić information content (AvgIpc) is 3.04. The Balaban J connectivity index is 1.66. The molecule has 146 valence electrons. The quantitative estimate of drug-likeness (QED) is 0.593. The molecule has 1 atom stereocenters.